The van der Waals surface area contributed by atoms with Gasteiger partial charge in [0.2, 0.25) is 0 Å². The molecule has 0 amide bonds. The average molecular weight is 485 g/mol. The van der Waals surface area contributed by atoms with E-state index in [1.54, 1.807) is 18.2 Å². The van der Waals surface area contributed by atoms with Gasteiger partial charge in [-0.2, -0.15) is 0 Å². The minimum absolute atomic E-state index is 0.256. The molecule has 3 rings (SSSR count). The number of aromatic nitrogens is 2. The van der Waals surface area contributed by atoms with Gasteiger partial charge in [-0.3, -0.25) is 19.1 Å². The summed E-state index contributed by atoms with van der Waals surface area (Å²) in [5, 5.41) is 11.5. The summed E-state index contributed by atoms with van der Waals surface area (Å²) >= 11 is 12.4. The van der Waals surface area contributed by atoms with Crippen LogP contribution in [0.25, 0.3) is 0 Å². The van der Waals surface area contributed by atoms with Gasteiger partial charge in [0, 0.05) is 41.6 Å². The molecule has 1 aromatic heterocycles. The maximum atomic E-state index is 12.3. The van der Waals surface area contributed by atoms with Crippen LogP contribution in [0, 0.1) is 0 Å². The molecule has 1 unspecified atom stereocenters. The molecule has 174 valence electrons. The van der Waals surface area contributed by atoms with Crippen LogP contribution >= 0.6 is 23.2 Å². The zero-order valence-corrected chi connectivity index (χ0v) is 19.4. The minimum atomic E-state index is -0.740. The number of halogens is 2. The molecule has 8 nitrogen and oxygen atoms in total. The molecule has 2 heterocycles. The average Bonchev–Trinajstić information content (AvgIpc) is 3.11. The van der Waals surface area contributed by atoms with Crippen LogP contribution in [0.5, 0.6) is 0 Å². The zero-order valence-electron chi connectivity index (χ0n) is 17.8. The molecular formula is C22H26Cl2N2O6. The lowest BCUT2D eigenvalue weighted by Gasteiger charge is -2.20. The topological polar surface area (TPSA) is 111 Å². The second-order valence-corrected chi connectivity index (χ2v) is 8.64. The Labute approximate surface area is 195 Å². The van der Waals surface area contributed by atoms with Gasteiger partial charge in [-0.25, -0.2) is 4.79 Å². The van der Waals surface area contributed by atoms with E-state index in [-0.39, 0.29) is 12.8 Å². The van der Waals surface area contributed by atoms with E-state index >= 15 is 0 Å². The predicted molar refractivity (Wildman–Crippen MR) is 120 cm³/mol. The van der Waals surface area contributed by atoms with E-state index < -0.39 is 41.8 Å². The lowest BCUT2D eigenvalue weighted by Crippen LogP contribution is -2.34. The summed E-state index contributed by atoms with van der Waals surface area (Å²) in [6, 6.07) is 5.16. The first-order valence-corrected chi connectivity index (χ1v) is 11.2. The number of aliphatic hydroxyl groups excluding tert-OH is 1. The van der Waals surface area contributed by atoms with E-state index in [2.05, 4.69) is 4.98 Å². The maximum absolute atomic E-state index is 12.3. The molecule has 0 bridgehead atoms. The van der Waals surface area contributed by atoms with Crippen molar-refractivity contribution < 1.29 is 19.4 Å². The SMILES string of the molecule is CCc1cn([C@@H]2CC(OC(C)=O)[C@H](CC[C@H](O)Cc3c(Cl)cccc3Cl)O2)c(=O)[nH]c1=O. The van der Waals surface area contributed by atoms with Crippen molar-refractivity contribution in [3.8, 4) is 0 Å². The number of benzene rings is 1. The van der Waals surface area contributed by atoms with Gasteiger partial charge in [0.25, 0.3) is 5.56 Å². The van der Waals surface area contributed by atoms with Crippen LogP contribution in [0.1, 0.15) is 50.5 Å². The monoisotopic (exact) mass is 484 g/mol. The molecule has 1 aliphatic rings. The number of hydrogen-bond donors (Lipinski definition) is 2. The fourth-order valence-electron chi connectivity index (χ4n) is 3.88. The molecule has 0 aliphatic carbocycles. The smallest absolute Gasteiger partial charge is 0.330 e. The summed E-state index contributed by atoms with van der Waals surface area (Å²) in [6.07, 6.45) is 0.640. The highest BCUT2D eigenvalue weighted by molar-refractivity contribution is 6.36. The summed E-state index contributed by atoms with van der Waals surface area (Å²) in [6.45, 7) is 3.12. The number of nitrogens with one attached hydrogen (secondary N) is 1. The number of rotatable bonds is 8. The fraction of sp³-hybridized carbons (Fsp3) is 0.500. The molecule has 1 saturated heterocycles. The minimum Gasteiger partial charge on any atom is -0.460 e. The van der Waals surface area contributed by atoms with Crippen molar-refractivity contribution in [3.63, 3.8) is 0 Å². The lowest BCUT2D eigenvalue weighted by atomic mass is 10.0. The van der Waals surface area contributed by atoms with E-state index in [9.17, 15) is 19.5 Å². The summed E-state index contributed by atoms with van der Waals surface area (Å²) in [5.41, 5.74) is 0.0960. The Bertz CT molecular complexity index is 1060. The Morgan fingerprint density at radius 3 is 2.66 bits per heavy atom. The van der Waals surface area contributed by atoms with E-state index in [4.69, 9.17) is 32.7 Å². The number of aromatic amines is 1. The van der Waals surface area contributed by atoms with E-state index in [0.717, 1.165) is 0 Å². The normalized spacial score (nSPS) is 21.5. The molecular weight excluding hydrogens is 459 g/mol. The molecule has 0 saturated carbocycles. The van der Waals surface area contributed by atoms with Crippen LogP contribution in [-0.2, 0) is 27.1 Å². The Kier molecular flexibility index (Phi) is 8.16. The molecule has 10 heteroatoms. The molecule has 2 aromatic rings. The van der Waals surface area contributed by atoms with Crippen LogP contribution in [-0.4, -0.2) is 38.9 Å². The summed E-state index contributed by atoms with van der Waals surface area (Å²) in [5.74, 6) is -0.462. The molecule has 1 fully saturated rings. The largest absolute Gasteiger partial charge is 0.460 e. The summed E-state index contributed by atoms with van der Waals surface area (Å²) in [7, 11) is 0. The van der Waals surface area contributed by atoms with Gasteiger partial charge in [0.15, 0.2) is 0 Å². The number of aryl methyl sites for hydroxylation is 1. The van der Waals surface area contributed by atoms with Crippen molar-refractivity contribution >= 4 is 29.2 Å². The second kappa shape index (κ2) is 10.7. The molecule has 0 spiro atoms. The number of esters is 1. The quantitative estimate of drug-likeness (QED) is 0.557. The molecule has 2 N–H and O–H groups in total. The summed E-state index contributed by atoms with van der Waals surface area (Å²) in [4.78, 5) is 38.1. The zero-order chi connectivity index (χ0) is 23.4. The Morgan fingerprint density at radius 2 is 2.03 bits per heavy atom. The van der Waals surface area contributed by atoms with E-state index in [0.29, 0.717) is 40.4 Å². The van der Waals surface area contributed by atoms with Crippen molar-refractivity contribution in [3.05, 3.63) is 66.4 Å². The fourth-order valence-corrected chi connectivity index (χ4v) is 4.43. The van der Waals surface area contributed by atoms with E-state index in [1.807, 2.05) is 6.92 Å². The summed E-state index contributed by atoms with van der Waals surface area (Å²) < 4.78 is 12.8. The van der Waals surface area contributed by atoms with Gasteiger partial charge in [0.1, 0.15) is 12.3 Å². The van der Waals surface area contributed by atoms with Crippen LogP contribution in [0.3, 0.4) is 0 Å². The second-order valence-electron chi connectivity index (χ2n) is 7.82. The van der Waals surface area contributed by atoms with Gasteiger partial charge >= 0.3 is 11.7 Å². The third kappa shape index (κ3) is 5.81. The Morgan fingerprint density at radius 1 is 1.34 bits per heavy atom. The van der Waals surface area contributed by atoms with Crippen molar-refractivity contribution in [1.29, 1.82) is 0 Å². The number of aliphatic hydroxyl groups is 1. The molecule has 1 aliphatic heterocycles. The Balaban J connectivity index is 1.71. The van der Waals surface area contributed by atoms with Crippen molar-refractivity contribution in [2.45, 2.75) is 70.5 Å². The Hall–Kier alpha value is -2.13. The van der Waals surface area contributed by atoms with Crippen LogP contribution in [0.15, 0.2) is 34.0 Å². The number of H-pyrrole nitrogens is 1. The van der Waals surface area contributed by atoms with Crippen molar-refractivity contribution in [2.75, 3.05) is 0 Å². The van der Waals surface area contributed by atoms with Gasteiger partial charge in [0.05, 0.1) is 12.2 Å². The van der Waals surface area contributed by atoms with Crippen LogP contribution in [0.4, 0.5) is 0 Å². The third-order valence-corrected chi connectivity index (χ3v) is 6.22. The van der Waals surface area contributed by atoms with Crippen LogP contribution < -0.4 is 11.2 Å². The van der Waals surface area contributed by atoms with Gasteiger partial charge < -0.3 is 14.6 Å². The lowest BCUT2D eigenvalue weighted by molar-refractivity contribution is -0.149. The molecule has 4 atom stereocenters. The number of carbonyl (C=O) groups excluding carboxylic acids is 1. The molecule has 32 heavy (non-hydrogen) atoms. The first-order chi connectivity index (χ1) is 15.2. The third-order valence-electron chi connectivity index (χ3n) is 5.52. The standard InChI is InChI=1S/C22H26Cl2N2O6/c1-3-13-11-26(22(30)25-21(13)29)20-10-19(31-12(2)27)18(32-20)8-7-14(28)9-15-16(23)5-4-6-17(15)24/h4-6,11,14,18-20,28H,3,7-10H2,1-2H3,(H,25,29,30)/t14-,18-,19?,20-/m0/s1. The highest BCUT2D eigenvalue weighted by Gasteiger charge is 2.39. The number of ether oxygens (including phenoxy) is 2. The number of carbonyl (C=O) groups is 1. The molecule has 0 radical (unpaired) electrons. The van der Waals surface area contributed by atoms with E-state index in [1.165, 1.54) is 17.7 Å². The first-order valence-electron chi connectivity index (χ1n) is 10.5. The highest BCUT2D eigenvalue weighted by atomic mass is 35.5. The molecule has 1 aromatic carbocycles. The van der Waals surface area contributed by atoms with Gasteiger partial charge in [-0.1, -0.05) is 36.2 Å². The predicted octanol–water partition coefficient (Wildman–Crippen LogP) is 3.01. The number of nitrogens with zero attached hydrogens (tertiary/aromatic N) is 1. The maximum Gasteiger partial charge on any atom is 0.330 e. The van der Waals surface area contributed by atoms with Crippen LogP contribution in [0.2, 0.25) is 10.0 Å². The number of hydrogen-bond acceptors (Lipinski definition) is 6. The van der Waals surface area contributed by atoms with Gasteiger partial charge in [-0.05, 0) is 37.0 Å². The van der Waals surface area contributed by atoms with Crippen molar-refractivity contribution in [2.24, 2.45) is 0 Å². The van der Waals surface area contributed by atoms with Gasteiger partial charge in [-0.15, -0.1) is 0 Å². The highest BCUT2D eigenvalue weighted by Crippen LogP contribution is 2.33. The first kappa shape index (κ1) is 24.5. The van der Waals surface area contributed by atoms with Crippen molar-refractivity contribution in [1.82, 2.24) is 9.55 Å².